The van der Waals surface area contributed by atoms with Crippen LogP contribution in [-0.4, -0.2) is 20.5 Å². The molecule has 0 radical (unpaired) electrons. The van der Waals surface area contributed by atoms with E-state index in [2.05, 4.69) is 24.2 Å². The monoisotopic (exact) mass is 266 g/mol. The Kier molecular flexibility index (Phi) is 3.43. The summed E-state index contributed by atoms with van der Waals surface area (Å²) in [6.45, 7) is 8.32. The van der Waals surface area contributed by atoms with Crippen molar-refractivity contribution in [1.29, 1.82) is 0 Å². The van der Waals surface area contributed by atoms with E-state index in [1.54, 1.807) is 11.3 Å². The smallest absolute Gasteiger partial charge is 0.309 e. The lowest BCUT2D eigenvalue weighted by atomic mass is 10.1. The van der Waals surface area contributed by atoms with Gasteiger partial charge in [-0.25, -0.2) is 4.98 Å². The topological polar surface area (TPSA) is 54.6 Å². The molecule has 2 rings (SSSR count). The maximum Gasteiger partial charge on any atom is 0.309 e. The molecule has 2 aromatic rings. The highest BCUT2D eigenvalue weighted by Crippen LogP contribution is 2.29. The van der Waals surface area contributed by atoms with E-state index >= 15 is 0 Å². The molecule has 4 nitrogen and oxygen atoms in total. The van der Waals surface area contributed by atoms with E-state index in [1.807, 2.05) is 18.2 Å². The summed E-state index contributed by atoms with van der Waals surface area (Å²) in [7, 11) is 0. The van der Waals surface area contributed by atoms with Crippen LogP contribution >= 0.6 is 11.3 Å². The summed E-state index contributed by atoms with van der Waals surface area (Å²) in [6.07, 6.45) is 0.0329. The quantitative estimate of drug-likeness (QED) is 0.924. The molecule has 2 heterocycles. The number of imidazole rings is 1. The predicted octanol–water partition coefficient (Wildman–Crippen LogP) is 3.27. The number of fused-ring (bicyclic) bond motifs is 1. The Morgan fingerprint density at radius 2 is 2.06 bits per heavy atom. The Balaban J connectivity index is 2.68. The zero-order valence-electron chi connectivity index (χ0n) is 11.1. The molecule has 5 heteroatoms. The van der Waals surface area contributed by atoms with E-state index < -0.39 is 5.97 Å². The van der Waals surface area contributed by atoms with Crippen molar-refractivity contribution in [2.24, 2.45) is 0 Å². The van der Waals surface area contributed by atoms with Gasteiger partial charge >= 0.3 is 5.97 Å². The Bertz CT molecular complexity index is 581. The maximum atomic E-state index is 11.1. The third-order valence-electron chi connectivity index (χ3n) is 2.97. The van der Waals surface area contributed by atoms with Gasteiger partial charge in [-0.1, -0.05) is 27.7 Å². The minimum atomic E-state index is -0.806. The largest absolute Gasteiger partial charge is 0.481 e. The summed E-state index contributed by atoms with van der Waals surface area (Å²) >= 11 is 1.58. The number of aliphatic carboxylic acids is 1. The van der Waals surface area contributed by atoms with Crippen LogP contribution in [0.15, 0.2) is 5.38 Å². The maximum absolute atomic E-state index is 11.1. The van der Waals surface area contributed by atoms with Gasteiger partial charge in [-0.3, -0.25) is 9.20 Å². The van der Waals surface area contributed by atoms with E-state index in [0.29, 0.717) is 5.92 Å². The Morgan fingerprint density at radius 1 is 1.39 bits per heavy atom. The van der Waals surface area contributed by atoms with Crippen LogP contribution < -0.4 is 0 Å². The van der Waals surface area contributed by atoms with Crippen molar-refractivity contribution in [3.8, 4) is 0 Å². The van der Waals surface area contributed by atoms with Crippen LogP contribution in [0.25, 0.3) is 4.96 Å². The van der Waals surface area contributed by atoms with Crippen LogP contribution in [0.1, 0.15) is 56.6 Å². The second kappa shape index (κ2) is 4.72. The first-order valence-corrected chi connectivity index (χ1v) is 7.00. The third kappa shape index (κ3) is 2.14. The number of carboxylic acid groups (broad SMARTS) is 1. The molecule has 0 amide bonds. The van der Waals surface area contributed by atoms with E-state index in [1.165, 1.54) is 0 Å². The molecule has 0 aliphatic carbocycles. The molecule has 98 valence electrons. The molecule has 0 aliphatic rings. The van der Waals surface area contributed by atoms with Gasteiger partial charge in [-0.15, -0.1) is 11.3 Å². The molecular formula is C13H18N2O2S. The SMILES string of the molecule is CC(C)c1nc2scc(C(C)C)n2c1CC(=O)O. The second-order valence-corrected chi connectivity index (χ2v) is 5.94. The molecule has 0 bridgehead atoms. The number of carbonyl (C=O) groups is 1. The van der Waals surface area contributed by atoms with Crippen molar-refractivity contribution >= 4 is 22.3 Å². The summed E-state index contributed by atoms with van der Waals surface area (Å²) in [4.78, 5) is 16.5. The van der Waals surface area contributed by atoms with E-state index in [0.717, 1.165) is 22.0 Å². The van der Waals surface area contributed by atoms with Gasteiger partial charge in [0.1, 0.15) is 0 Å². The van der Waals surface area contributed by atoms with E-state index in [9.17, 15) is 4.79 Å². The van der Waals surface area contributed by atoms with Gasteiger partial charge in [0.05, 0.1) is 17.8 Å². The van der Waals surface area contributed by atoms with Crippen LogP contribution in [0.3, 0.4) is 0 Å². The Hall–Kier alpha value is -1.36. The van der Waals surface area contributed by atoms with Gasteiger partial charge in [-0.05, 0) is 11.8 Å². The first kappa shape index (κ1) is 13.1. The van der Waals surface area contributed by atoms with Gasteiger partial charge < -0.3 is 5.11 Å². The molecule has 0 fully saturated rings. The zero-order valence-corrected chi connectivity index (χ0v) is 11.9. The third-order valence-corrected chi connectivity index (χ3v) is 3.82. The molecule has 0 unspecified atom stereocenters. The molecule has 0 spiro atoms. The van der Waals surface area contributed by atoms with Crippen molar-refractivity contribution in [2.45, 2.75) is 46.0 Å². The van der Waals surface area contributed by atoms with E-state index in [-0.39, 0.29) is 12.3 Å². The van der Waals surface area contributed by atoms with Crippen LogP contribution in [0.2, 0.25) is 0 Å². The minimum Gasteiger partial charge on any atom is -0.481 e. The second-order valence-electron chi connectivity index (χ2n) is 5.10. The summed E-state index contributed by atoms with van der Waals surface area (Å²) in [5.41, 5.74) is 2.88. The summed E-state index contributed by atoms with van der Waals surface area (Å²) in [6, 6.07) is 0. The first-order chi connectivity index (χ1) is 8.41. The lowest BCUT2D eigenvalue weighted by Crippen LogP contribution is -2.08. The molecule has 0 saturated carbocycles. The Morgan fingerprint density at radius 3 is 2.56 bits per heavy atom. The van der Waals surface area contributed by atoms with Crippen molar-refractivity contribution in [1.82, 2.24) is 9.38 Å². The molecular weight excluding hydrogens is 248 g/mol. The van der Waals surface area contributed by atoms with Crippen LogP contribution in [0.4, 0.5) is 0 Å². The lowest BCUT2D eigenvalue weighted by molar-refractivity contribution is -0.136. The lowest BCUT2D eigenvalue weighted by Gasteiger charge is -2.08. The van der Waals surface area contributed by atoms with Crippen molar-refractivity contribution < 1.29 is 9.90 Å². The normalized spacial score (nSPS) is 11.9. The average molecular weight is 266 g/mol. The van der Waals surface area contributed by atoms with Gasteiger partial charge in [0.25, 0.3) is 0 Å². The highest BCUT2D eigenvalue weighted by molar-refractivity contribution is 7.15. The fraction of sp³-hybridized carbons (Fsp3) is 0.538. The van der Waals surface area contributed by atoms with Crippen LogP contribution in [-0.2, 0) is 11.2 Å². The number of hydrogen-bond donors (Lipinski definition) is 1. The molecule has 0 saturated heterocycles. The molecule has 0 aromatic carbocycles. The molecule has 2 aromatic heterocycles. The minimum absolute atomic E-state index is 0.0329. The van der Waals surface area contributed by atoms with Gasteiger partial charge in [-0.2, -0.15) is 0 Å². The number of aromatic nitrogens is 2. The molecule has 0 atom stereocenters. The highest BCUT2D eigenvalue weighted by atomic mass is 32.1. The number of hydrogen-bond acceptors (Lipinski definition) is 3. The van der Waals surface area contributed by atoms with Crippen LogP contribution in [0, 0.1) is 0 Å². The number of carboxylic acids is 1. The highest BCUT2D eigenvalue weighted by Gasteiger charge is 2.21. The molecule has 0 aliphatic heterocycles. The van der Waals surface area contributed by atoms with Crippen molar-refractivity contribution in [3.05, 3.63) is 22.5 Å². The van der Waals surface area contributed by atoms with Crippen molar-refractivity contribution in [2.75, 3.05) is 0 Å². The zero-order chi connectivity index (χ0) is 13.4. The van der Waals surface area contributed by atoms with Gasteiger partial charge in [0.2, 0.25) is 0 Å². The Labute approximate surface area is 110 Å². The van der Waals surface area contributed by atoms with Crippen molar-refractivity contribution in [3.63, 3.8) is 0 Å². The van der Waals surface area contributed by atoms with Gasteiger partial charge in [0, 0.05) is 11.1 Å². The number of nitrogens with zero attached hydrogens (tertiary/aromatic N) is 2. The van der Waals surface area contributed by atoms with Crippen LogP contribution in [0.5, 0.6) is 0 Å². The first-order valence-electron chi connectivity index (χ1n) is 6.12. The molecule has 1 N–H and O–H groups in total. The average Bonchev–Trinajstić information content (AvgIpc) is 2.77. The molecule has 18 heavy (non-hydrogen) atoms. The van der Waals surface area contributed by atoms with Gasteiger partial charge in [0.15, 0.2) is 4.96 Å². The fourth-order valence-electron chi connectivity index (χ4n) is 2.13. The van der Waals surface area contributed by atoms with E-state index in [4.69, 9.17) is 5.11 Å². The number of thiazole rings is 1. The number of rotatable bonds is 4. The summed E-state index contributed by atoms with van der Waals surface area (Å²) in [5.74, 6) is -0.202. The summed E-state index contributed by atoms with van der Waals surface area (Å²) < 4.78 is 2.03. The fourth-order valence-corrected chi connectivity index (χ4v) is 3.20. The standard InChI is InChI=1S/C13H18N2O2S/c1-7(2)10-6-18-13-14-12(8(3)4)9(15(10)13)5-11(16)17/h6-8H,5H2,1-4H3,(H,16,17). The summed E-state index contributed by atoms with van der Waals surface area (Å²) in [5, 5.41) is 11.2. The predicted molar refractivity (Wildman–Crippen MR) is 72.6 cm³/mol.